The molecule has 2 aromatic rings. The summed E-state index contributed by atoms with van der Waals surface area (Å²) in [5.41, 5.74) is 0.855. The molecule has 2 aromatic heterocycles. The molecule has 0 spiro atoms. The molecule has 0 unspecified atom stereocenters. The summed E-state index contributed by atoms with van der Waals surface area (Å²) >= 11 is 0. The standard InChI is InChI=1S/C15H25N7O2/c1-21(2)15-14(17-12-13(18-15)20-24-19-12)16-10-11-4-6-22(7-5-11)8-9-23-3/h11H,4-10H2,1-3H3,(H,16,17,19). The van der Waals surface area contributed by atoms with Gasteiger partial charge in [0.15, 0.2) is 11.6 Å². The van der Waals surface area contributed by atoms with Gasteiger partial charge in [-0.25, -0.2) is 14.6 Å². The third-order valence-corrected chi connectivity index (χ3v) is 4.40. The molecule has 0 radical (unpaired) electrons. The van der Waals surface area contributed by atoms with Crippen molar-refractivity contribution < 1.29 is 9.37 Å². The van der Waals surface area contributed by atoms with E-state index in [1.54, 1.807) is 7.11 Å². The van der Waals surface area contributed by atoms with Crippen LogP contribution in [0.2, 0.25) is 0 Å². The topological polar surface area (TPSA) is 92.4 Å². The molecule has 1 saturated heterocycles. The second-order valence-electron chi connectivity index (χ2n) is 6.36. The first-order chi connectivity index (χ1) is 11.7. The molecule has 9 nitrogen and oxygen atoms in total. The second-order valence-corrected chi connectivity index (χ2v) is 6.36. The largest absolute Gasteiger partial charge is 0.383 e. The molecule has 1 aliphatic rings. The predicted molar refractivity (Wildman–Crippen MR) is 91.3 cm³/mol. The number of ether oxygens (including phenoxy) is 1. The first-order valence-electron chi connectivity index (χ1n) is 8.30. The number of nitrogens with one attached hydrogen (secondary N) is 1. The molecule has 0 saturated carbocycles. The lowest BCUT2D eigenvalue weighted by Gasteiger charge is -2.32. The second kappa shape index (κ2) is 7.71. The minimum Gasteiger partial charge on any atom is -0.383 e. The van der Waals surface area contributed by atoms with E-state index >= 15 is 0 Å². The highest BCUT2D eigenvalue weighted by atomic mass is 16.6. The summed E-state index contributed by atoms with van der Waals surface area (Å²) in [5.74, 6) is 2.10. The molecule has 0 aromatic carbocycles. The number of nitrogens with zero attached hydrogens (tertiary/aromatic N) is 6. The van der Waals surface area contributed by atoms with E-state index < -0.39 is 0 Å². The molecule has 0 amide bonds. The quantitative estimate of drug-likeness (QED) is 0.790. The van der Waals surface area contributed by atoms with E-state index in [4.69, 9.17) is 9.37 Å². The van der Waals surface area contributed by atoms with E-state index in [1.807, 2.05) is 19.0 Å². The van der Waals surface area contributed by atoms with Crippen molar-refractivity contribution in [3.05, 3.63) is 0 Å². The Balaban J connectivity index is 1.58. The summed E-state index contributed by atoms with van der Waals surface area (Å²) in [6.45, 7) is 4.94. The number of aromatic nitrogens is 4. The molecule has 9 heteroatoms. The summed E-state index contributed by atoms with van der Waals surface area (Å²) in [6, 6.07) is 0. The van der Waals surface area contributed by atoms with Crippen LogP contribution in [0.5, 0.6) is 0 Å². The lowest BCUT2D eigenvalue weighted by atomic mass is 9.97. The zero-order valence-corrected chi connectivity index (χ0v) is 14.5. The van der Waals surface area contributed by atoms with Crippen LogP contribution in [0.3, 0.4) is 0 Å². The van der Waals surface area contributed by atoms with Crippen LogP contribution in [0, 0.1) is 5.92 Å². The van der Waals surface area contributed by atoms with Crippen molar-refractivity contribution >= 4 is 22.9 Å². The summed E-state index contributed by atoms with van der Waals surface area (Å²) in [5, 5.41) is 11.0. The van der Waals surface area contributed by atoms with Gasteiger partial charge in [-0.15, -0.1) is 0 Å². The fourth-order valence-corrected chi connectivity index (χ4v) is 2.94. The zero-order valence-electron chi connectivity index (χ0n) is 14.5. The third-order valence-electron chi connectivity index (χ3n) is 4.40. The summed E-state index contributed by atoms with van der Waals surface area (Å²) in [7, 11) is 5.62. The van der Waals surface area contributed by atoms with Gasteiger partial charge in [0.1, 0.15) is 0 Å². The molecule has 3 heterocycles. The van der Waals surface area contributed by atoms with E-state index in [2.05, 4.69) is 30.5 Å². The highest BCUT2D eigenvalue weighted by Crippen LogP contribution is 2.23. The molecule has 1 aliphatic heterocycles. The monoisotopic (exact) mass is 335 g/mol. The van der Waals surface area contributed by atoms with E-state index in [1.165, 1.54) is 12.8 Å². The van der Waals surface area contributed by atoms with Crippen molar-refractivity contribution in [3.63, 3.8) is 0 Å². The molecule has 0 bridgehead atoms. The molecule has 24 heavy (non-hydrogen) atoms. The number of methoxy groups -OCH3 is 1. The fraction of sp³-hybridized carbons (Fsp3) is 0.733. The van der Waals surface area contributed by atoms with Gasteiger partial charge in [0, 0.05) is 34.3 Å². The maximum atomic E-state index is 5.15. The predicted octanol–water partition coefficient (Wildman–Crippen LogP) is 0.849. The zero-order chi connectivity index (χ0) is 16.9. The lowest BCUT2D eigenvalue weighted by molar-refractivity contribution is 0.122. The fourth-order valence-electron chi connectivity index (χ4n) is 2.94. The molecule has 0 aliphatic carbocycles. The number of anilines is 2. The van der Waals surface area contributed by atoms with Crippen molar-refractivity contribution in [2.45, 2.75) is 12.8 Å². The van der Waals surface area contributed by atoms with Gasteiger partial charge in [-0.1, -0.05) is 0 Å². The average Bonchev–Trinajstić information content (AvgIpc) is 3.05. The van der Waals surface area contributed by atoms with Gasteiger partial charge in [-0.3, -0.25) is 0 Å². The van der Waals surface area contributed by atoms with Gasteiger partial charge in [-0.2, -0.15) is 0 Å². The number of hydrogen-bond donors (Lipinski definition) is 1. The van der Waals surface area contributed by atoms with E-state index in [0.717, 1.165) is 44.4 Å². The van der Waals surface area contributed by atoms with Crippen molar-refractivity contribution in [2.75, 3.05) is 64.2 Å². The Hall–Kier alpha value is -2.00. The number of fused-ring (bicyclic) bond motifs is 1. The summed E-state index contributed by atoms with van der Waals surface area (Å²) in [6.07, 6.45) is 2.35. The van der Waals surface area contributed by atoms with Gasteiger partial charge in [0.2, 0.25) is 11.3 Å². The molecular formula is C15H25N7O2. The Morgan fingerprint density at radius 2 is 1.92 bits per heavy atom. The maximum Gasteiger partial charge on any atom is 0.245 e. The molecule has 1 fully saturated rings. The highest BCUT2D eigenvalue weighted by Gasteiger charge is 2.20. The van der Waals surface area contributed by atoms with Crippen LogP contribution in [0.4, 0.5) is 11.6 Å². The maximum absolute atomic E-state index is 5.15. The highest BCUT2D eigenvalue weighted by molar-refractivity contribution is 5.73. The first kappa shape index (κ1) is 16.8. The van der Waals surface area contributed by atoms with Crippen LogP contribution < -0.4 is 10.2 Å². The summed E-state index contributed by atoms with van der Waals surface area (Å²) < 4.78 is 9.85. The van der Waals surface area contributed by atoms with Crippen LogP contribution in [0.1, 0.15) is 12.8 Å². The van der Waals surface area contributed by atoms with Gasteiger partial charge in [-0.05, 0) is 42.2 Å². The molecule has 3 rings (SSSR count). The van der Waals surface area contributed by atoms with Crippen LogP contribution >= 0.6 is 0 Å². The van der Waals surface area contributed by atoms with Crippen molar-refractivity contribution in [3.8, 4) is 0 Å². The SMILES string of the molecule is COCCN1CCC(CNc2nc3nonc3nc2N(C)C)CC1. The Morgan fingerprint density at radius 1 is 1.21 bits per heavy atom. The van der Waals surface area contributed by atoms with Crippen molar-refractivity contribution in [2.24, 2.45) is 5.92 Å². The lowest BCUT2D eigenvalue weighted by Crippen LogP contribution is -2.37. The number of piperidine rings is 1. The number of likely N-dealkylation sites (tertiary alicyclic amines) is 1. The normalized spacial score (nSPS) is 16.6. The molecule has 132 valence electrons. The minimum atomic E-state index is 0.427. The Kier molecular flexibility index (Phi) is 5.41. The average molecular weight is 335 g/mol. The first-order valence-corrected chi connectivity index (χ1v) is 8.30. The molecular weight excluding hydrogens is 310 g/mol. The third kappa shape index (κ3) is 3.90. The Labute approximate surface area is 141 Å². The van der Waals surface area contributed by atoms with Crippen molar-refractivity contribution in [1.29, 1.82) is 0 Å². The van der Waals surface area contributed by atoms with Gasteiger partial charge < -0.3 is 19.9 Å². The Bertz CT molecular complexity index is 652. The molecule has 1 N–H and O–H groups in total. The van der Waals surface area contributed by atoms with Crippen LogP contribution in [-0.2, 0) is 4.74 Å². The van der Waals surface area contributed by atoms with Gasteiger partial charge in [0.05, 0.1) is 6.61 Å². The van der Waals surface area contributed by atoms with Gasteiger partial charge >= 0.3 is 0 Å². The van der Waals surface area contributed by atoms with E-state index in [0.29, 0.717) is 17.2 Å². The van der Waals surface area contributed by atoms with Crippen LogP contribution in [-0.4, -0.2) is 79.2 Å². The summed E-state index contributed by atoms with van der Waals surface area (Å²) in [4.78, 5) is 13.3. The number of hydrogen-bond acceptors (Lipinski definition) is 9. The smallest absolute Gasteiger partial charge is 0.245 e. The minimum absolute atomic E-state index is 0.427. The van der Waals surface area contributed by atoms with Crippen molar-refractivity contribution in [1.82, 2.24) is 25.2 Å². The van der Waals surface area contributed by atoms with Crippen LogP contribution in [0.15, 0.2) is 4.63 Å². The van der Waals surface area contributed by atoms with E-state index in [-0.39, 0.29) is 0 Å². The molecule has 0 atom stereocenters. The number of rotatable bonds is 7. The van der Waals surface area contributed by atoms with E-state index in [9.17, 15) is 0 Å². The van der Waals surface area contributed by atoms with Crippen LogP contribution in [0.25, 0.3) is 11.3 Å². The van der Waals surface area contributed by atoms with Gasteiger partial charge in [0.25, 0.3) is 0 Å². The Morgan fingerprint density at radius 3 is 2.58 bits per heavy atom.